The standard InChI is InChI=1S/C21H27NO3S2/c1-4-9-15-11-8-14-18-20(15)22(19(6-3)27(23,24)25)17-13-7-12-16(10-5-2)21(17)26-18/h7-8,11-14,19H,4-6,9-10H2,1-3H3,(H,23,24,25). The molecule has 0 spiro atoms. The summed E-state index contributed by atoms with van der Waals surface area (Å²) < 4.78 is 34.5. The van der Waals surface area contributed by atoms with Crippen LogP contribution >= 0.6 is 11.8 Å². The van der Waals surface area contributed by atoms with E-state index in [1.54, 1.807) is 18.7 Å². The van der Waals surface area contributed by atoms with Crippen LogP contribution in [0.2, 0.25) is 0 Å². The third-order valence-electron chi connectivity index (χ3n) is 4.89. The zero-order valence-corrected chi connectivity index (χ0v) is 17.7. The van der Waals surface area contributed by atoms with Gasteiger partial charge in [-0.1, -0.05) is 69.6 Å². The summed E-state index contributed by atoms with van der Waals surface area (Å²) in [6.45, 7) is 6.07. The summed E-state index contributed by atoms with van der Waals surface area (Å²) in [5.74, 6) is 0. The number of nitrogens with zero attached hydrogens (tertiary/aromatic N) is 1. The fraction of sp³-hybridized carbons (Fsp3) is 0.429. The Bertz CT molecular complexity index is 925. The number of anilines is 2. The molecule has 0 saturated heterocycles. The largest absolute Gasteiger partial charge is 0.319 e. The summed E-state index contributed by atoms with van der Waals surface area (Å²) >= 11 is 1.71. The van der Waals surface area contributed by atoms with Crippen molar-refractivity contribution in [3.05, 3.63) is 47.5 Å². The van der Waals surface area contributed by atoms with Crippen molar-refractivity contribution >= 4 is 33.3 Å². The molecule has 1 aliphatic rings. The smallest absolute Gasteiger partial charge is 0.286 e. The molecule has 6 heteroatoms. The number of aryl methyl sites for hydroxylation is 2. The van der Waals surface area contributed by atoms with E-state index in [1.165, 1.54) is 5.56 Å². The van der Waals surface area contributed by atoms with Gasteiger partial charge in [-0.3, -0.25) is 4.55 Å². The second kappa shape index (κ2) is 8.25. The Hall–Kier alpha value is -1.50. The molecule has 1 unspecified atom stereocenters. The molecule has 2 aromatic carbocycles. The maximum absolute atomic E-state index is 12.3. The van der Waals surface area contributed by atoms with Gasteiger partial charge in [-0.05, 0) is 42.5 Å². The number of para-hydroxylation sites is 1. The molecule has 0 aromatic heterocycles. The van der Waals surface area contributed by atoms with Gasteiger partial charge in [-0.15, -0.1) is 0 Å². The molecule has 1 heterocycles. The molecule has 0 amide bonds. The summed E-state index contributed by atoms with van der Waals surface area (Å²) in [5.41, 5.74) is 4.15. The van der Waals surface area contributed by atoms with Gasteiger partial charge >= 0.3 is 0 Å². The Balaban J connectivity index is 2.29. The number of hydrogen-bond acceptors (Lipinski definition) is 4. The third kappa shape index (κ3) is 3.89. The van der Waals surface area contributed by atoms with Gasteiger partial charge in [0.1, 0.15) is 0 Å². The normalized spacial score (nSPS) is 14.6. The molecule has 0 radical (unpaired) electrons. The van der Waals surface area contributed by atoms with E-state index in [0.717, 1.165) is 52.4 Å². The monoisotopic (exact) mass is 405 g/mol. The van der Waals surface area contributed by atoms with Gasteiger partial charge in [0.15, 0.2) is 5.37 Å². The number of benzene rings is 2. The first-order valence-corrected chi connectivity index (χ1v) is 11.9. The molecule has 1 aliphatic heterocycles. The lowest BCUT2D eigenvalue weighted by molar-refractivity contribution is 0.464. The van der Waals surface area contributed by atoms with E-state index in [0.29, 0.717) is 6.42 Å². The van der Waals surface area contributed by atoms with E-state index in [1.807, 2.05) is 23.1 Å². The second-order valence-corrected chi connectivity index (χ2v) is 9.51. The van der Waals surface area contributed by atoms with Gasteiger partial charge in [0.2, 0.25) is 0 Å². The predicted molar refractivity (Wildman–Crippen MR) is 113 cm³/mol. The van der Waals surface area contributed by atoms with Crippen molar-refractivity contribution in [2.45, 2.75) is 68.0 Å². The van der Waals surface area contributed by atoms with Crippen LogP contribution in [0.25, 0.3) is 0 Å². The van der Waals surface area contributed by atoms with E-state index < -0.39 is 15.5 Å². The summed E-state index contributed by atoms with van der Waals surface area (Å²) in [7, 11) is -4.24. The van der Waals surface area contributed by atoms with Gasteiger partial charge < -0.3 is 4.90 Å². The van der Waals surface area contributed by atoms with E-state index in [-0.39, 0.29) is 0 Å². The molecule has 3 rings (SSSR count). The lowest BCUT2D eigenvalue weighted by atomic mass is 10.0. The molecule has 1 atom stereocenters. The Morgan fingerprint density at radius 1 is 1.00 bits per heavy atom. The number of rotatable bonds is 7. The highest BCUT2D eigenvalue weighted by Gasteiger charge is 2.36. The molecule has 2 aromatic rings. The lowest BCUT2D eigenvalue weighted by Gasteiger charge is -2.39. The Morgan fingerprint density at radius 3 is 2.26 bits per heavy atom. The molecule has 4 nitrogen and oxygen atoms in total. The van der Waals surface area contributed by atoms with Crippen molar-refractivity contribution < 1.29 is 13.0 Å². The van der Waals surface area contributed by atoms with Gasteiger partial charge in [0, 0.05) is 9.79 Å². The van der Waals surface area contributed by atoms with Crippen molar-refractivity contribution in [1.82, 2.24) is 0 Å². The summed E-state index contributed by atoms with van der Waals surface area (Å²) in [6, 6.07) is 12.2. The van der Waals surface area contributed by atoms with Crippen LogP contribution in [0.15, 0.2) is 46.2 Å². The predicted octanol–water partition coefficient (Wildman–Crippen LogP) is 5.82. The number of fused-ring (bicyclic) bond motifs is 2. The van der Waals surface area contributed by atoms with Crippen LogP contribution in [-0.2, 0) is 23.0 Å². The first-order valence-electron chi connectivity index (χ1n) is 9.59. The van der Waals surface area contributed by atoms with Crippen LogP contribution in [0.4, 0.5) is 11.4 Å². The highest BCUT2D eigenvalue weighted by molar-refractivity contribution is 7.99. The minimum absolute atomic E-state index is 0.306. The van der Waals surface area contributed by atoms with E-state index >= 15 is 0 Å². The fourth-order valence-electron chi connectivity index (χ4n) is 3.80. The first-order chi connectivity index (χ1) is 12.9. The molecule has 0 saturated carbocycles. The summed E-state index contributed by atoms with van der Waals surface area (Å²) in [4.78, 5) is 4.02. The SMILES string of the molecule is CCCc1cccc2c1Sc1cccc(CCC)c1N2C(CC)S(=O)(=O)O. The molecule has 27 heavy (non-hydrogen) atoms. The lowest BCUT2D eigenvalue weighted by Crippen LogP contribution is -2.39. The molecular weight excluding hydrogens is 378 g/mol. The Labute approximate surface area is 166 Å². The molecule has 1 N–H and O–H groups in total. The topological polar surface area (TPSA) is 57.6 Å². The highest BCUT2D eigenvalue weighted by Crippen LogP contribution is 2.52. The van der Waals surface area contributed by atoms with Crippen molar-refractivity contribution in [3.63, 3.8) is 0 Å². The average Bonchev–Trinajstić information content (AvgIpc) is 2.62. The maximum atomic E-state index is 12.3. The van der Waals surface area contributed by atoms with Crippen LogP contribution in [0.3, 0.4) is 0 Å². The van der Waals surface area contributed by atoms with Crippen molar-refractivity contribution in [2.75, 3.05) is 4.90 Å². The van der Waals surface area contributed by atoms with Gasteiger partial charge in [0.25, 0.3) is 10.1 Å². The van der Waals surface area contributed by atoms with Crippen molar-refractivity contribution in [1.29, 1.82) is 0 Å². The fourth-order valence-corrected chi connectivity index (χ4v) is 5.97. The van der Waals surface area contributed by atoms with Crippen LogP contribution in [0.1, 0.15) is 51.2 Å². The van der Waals surface area contributed by atoms with Crippen LogP contribution in [0.5, 0.6) is 0 Å². The minimum Gasteiger partial charge on any atom is -0.319 e. The quantitative estimate of drug-likeness (QED) is 0.588. The van der Waals surface area contributed by atoms with Crippen LogP contribution < -0.4 is 4.90 Å². The molecule has 146 valence electrons. The number of hydrogen-bond donors (Lipinski definition) is 1. The van der Waals surface area contributed by atoms with Gasteiger partial charge in [0.05, 0.1) is 11.4 Å². The minimum atomic E-state index is -4.24. The van der Waals surface area contributed by atoms with E-state index in [9.17, 15) is 13.0 Å². The first kappa shape index (κ1) is 20.2. The van der Waals surface area contributed by atoms with Gasteiger partial charge in [-0.2, -0.15) is 8.42 Å². The van der Waals surface area contributed by atoms with Crippen molar-refractivity contribution in [3.8, 4) is 0 Å². The molecule has 0 bridgehead atoms. The van der Waals surface area contributed by atoms with Crippen molar-refractivity contribution in [2.24, 2.45) is 0 Å². The second-order valence-electron chi connectivity index (χ2n) is 6.88. The van der Waals surface area contributed by atoms with E-state index in [2.05, 4.69) is 32.0 Å². The van der Waals surface area contributed by atoms with E-state index in [4.69, 9.17) is 0 Å². The Kier molecular flexibility index (Phi) is 6.18. The zero-order valence-electron chi connectivity index (χ0n) is 16.1. The molecular formula is C21H27NO3S2. The zero-order chi connectivity index (χ0) is 19.6. The molecule has 0 fully saturated rings. The Morgan fingerprint density at radius 2 is 1.63 bits per heavy atom. The summed E-state index contributed by atoms with van der Waals surface area (Å²) in [6.07, 6.45) is 4.11. The highest BCUT2D eigenvalue weighted by atomic mass is 32.2. The average molecular weight is 406 g/mol. The van der Waals surface area contributed by atoms with Crippen LogP contribution in [0, 0.1) is 0 Å². The molecule has 0 aliphatic carbocycles. The summed E-state index contributed by atoms with van der Waals surface area (Å²) in [5, 5.41) is -0.995. The maximum Gasteiger partial charge on any atom is 0.286 e. The third-order valence-corrected chi connectivity index (χ3v) is 7.35. The van der Waals surface area contributed by atoms with Crippen LogP contribution in [-0.4, -0.2) is 18.3 Å². The van der Waals surface area contributed by atoms with Gasteiger partial charge in [-0.25, -0.2) is 0 Å².